The number of aromatic carboxylic acids is 1. The van der Waals surface area contributed by atoms with Crippen LogP contribution in [0.15, 0.2) is 17.8 Å². The van der Waals surface area contributed by atoms with E-state index in [-0.39, 0.29) is 10.6 Å². The number of carboxylic acid groups (broad SMARTS) is 1. The standard InChI is InChI=1S/C12H12ClN3O2S/c1-7-10(19-6-15-7)5-16(2)11-3-8(12(17)18)9(13)4-14-11/h3-4,6H,5H2,1-2H3,(H,17,18). The van der Waals surface area contributed by atoms with Gasteiger partial charge in [0.15, 0.2) is 0 Å². The Balaban J connectivity index is 2.24. The largest absolute Gasteiger partial charge is 0.478 e. The van der Waals surface area contributed by atoms with Crippen LogP contribution >= 0.6 is 22.9 Å². The molecule has 0 unspecified atom stereocenters. The van der Waals surface area contributed by atoms with Gasteiger partial charge in [-0.25, -0.2) is 14.8 Å². The van der Waals surface area contributed by atoms with E-state index in [0.717, 1.165) is 10.6 Å². The molecule has 0 saturated heterocycles. The fraction of sp³-hybridized carbons (Fsp3) is 0.250. The number of pyridine rings is 1. The Morgan fingerprint density at radius 2 is 2.26 bits per heavy atom. The Labute approximate surface area is 119 Å². The molecule has 0 radical (unpaired) electrons. The highest BCUT2D eigenvalue weighted by atomic mass is 35.5. The smallest absolute Gasteiger partial charge is 0.337 e. The Kier molecular flexibility index (Phi) is 4.01. The number of anilines is 1. The quantitative estimate of drug-likeness (QED) is 0.940. The van der Waals surface area contributed by atoms with Crippen molar-refractivity contribution in [2.75, 3.05) is 11.9 Å². The van der Waals surface area contributed by atoms with Gasteiger partial charge in [0.05, 0.1) is 28.3 Å². The summed E-state index contributed by atoms with van der Waals surface area (Å²) in [5.74, 6) is -0.495. The molecule has 0 aliphatic carbocycles. The number of hydrogen-bond acceptors (Lipinski definition) is 5. The Hall–Kier alpha value is -1.66. The van der Waals surface area contributed by atoms with Crippen molar-refractivity contribution >= 4 is 34.7 Å². The SMILES string of the molecule is Cc1ncsc1CN(C)c1cc(C(=O)O)c(Cl)cn1. The van der Waals surface area contributed by atoms with Crippen LogP contribution in [0.4, 0.5) is 5.82 Å². The molecular weight excluding hydrogens is 286 g/mol. The average Bonchev–Trinajstić information content (AvgIpc) is 2.75. The molecule has 7 heteroatoms. The molecule has 0 fully saturated rings. The Morgan fingerprint density at radius 3 is 2.84 bits per heavy atom. The second kappa shape index (κ2) is 5.54. The first-order valence-electron chi connectivity index (χ1n) is 5.48. The van der Waals surface area contributed by atoms with Crippen molar-refractivity contribution in [3.8, 4) is 0 Å². The molecule has 19 heavy (non-hydrogen) atoms. The minimum absolute atomic E-state index is 0.0551. The molecule has 0 spiro atoms. The zero-order valence-corrected chi connectivity index (χ0v) is 12.0. The van der Waals surface area contributed by atoms with E-state index in [1.165, 1.54) is 12.3 Å². The lowest BCUT2D eigenvalue weighted by Gasteiger charge is -2.18. The van der Waals surface area contributed by atoms with E-state index in [4.69, 9.17) is 16.7 Å². The minimum Gasteiger partial charge on any atom is -0.478 e. The number of nitrogens with zero attached hydrogens (tertiary/aromatic N) is 3. The van der Waals surface area contributed by atoms with Crippen molar-refractivity contribution in [3.05, 3.63) is 38.9 Å². The number of aryl methyl sites for hydroxylation is 1. The van der Waals surface area contributed by atoms with Gasteiger partial charge in [0.2, 0.25) is 0 Å². The molecule has 0 bridgehead atoms. The summed E-state index contributed by atoms with van der Waals surface area (Å²) in [6.45, 7) is 2.57. The molecule has 100 valence electrons. The number of hydrogen-bond donors (Lipinski definition) is 1. The maximum absolute atomic E-state index is 11.0. The summed E-state index contributed by atoms with van der Waals surface area (Å²) in [5, 5.41) is 9.17. The number of carboxylic acids is 1. The first-order chi connectivity index (χ1) is 8.99. The van der Waals surface area contributed by atoms with Gasteiger partial charge in [-0.15, -0.1) is 11.3 Å². The minimum atomic E-state index is -1.06. The number of halogens is 1. The van der Waals surface area contributed by atoms with Gasteiger partial charge in [0.1, 0.15) is 5.82 Å². The van der Waals surface area contributed by atoms with Crippen LogP contribution in [0.5, 0.6) is 0 Å². The molecule has 5 nitrogen and oxygen atoms in total. The first kappa shape index (κ1) is 13.8. The van der Waals surface area contributed by atoms with Gasteiger partial charge in [-0.1, -0.05) is 11.6 Å². The number of thiazole rings is 1. The van der Waals surface area contributed by atoms with Crippen LogP contribution < -0.4 is 4.90 Å². The molecule has 0 saturated carbocycles. The zero-order chi connectivity index (χ0) is 14.0. The lowest BCUT2D eigenvalue weighted by Crippen LogP contribution is -2.18. The summed E-state index contributed by atoms with van der Waals surface area (Å²) in [6.07, 6.45) is 1.36. The highest BCUT2D eigenvalue weighted by Crippen LogP contribution is 2.22. The monoisotopic (exact) mass is 297 g/mol. The van der Waals surface area contributed by atoms with Gasteiger partial charge in [-0.3, -0.25) is 0 Å². The fourth-order valence-electron chi connectivity index (χ4n) is 1.57. The zero-order valence-electron chi connectivity index (χ0n) is 10.4. The fourth-order valence-corrected chi connectivity index (χ4v) is 2.59. The summed E-state index contributed by atoms with van der Waals surface area (Å²) in [5.41, 5.74) is 2.82. The summed E-state index contributed by atoms with van der Waals surface area (Å²) in [7, 11) is 1.85. The first-order valence-corrected chi connectivity index (χ1v) is 6.73. The molecule has 0 aliphatic rings. The maximum Gasteiger partial charge on any atom is 0.337 e. The van der Waals surface area contributed by atoms with Gasteiger partial charge in [-0.05, 0) is 13.0 Å². The van der Waals surface area contributed by atoms with E-state index in [1.807, 2.05) is 18.9 Å². The lowest BCUT2D eigenvalue weighted by atomic mass is 10.2. The summed E-state index contributed by atoms with van der Waals surface area (Å²) >= 11 is 7.36. The molecule has 2 heterocycles. The molecule has 0 atom stereocenters. The summed E-state index contributed by atoms with van der Waals surface area (Å²) in [6, 6.07) is 1.47. The van der Waals surface area contributed by atoms with Crippen molar-refractivity contribution in [2.45, 2.75) is 13.5 Å². The van der Waals surface area contributed by atoms with Gasteiger partial charge < -0.3 is 10.0 Å². The number of rotatable bonds is 4. The molecule has 1 N–H and O–H groups in total. The van der Waals surface area contributed by atoms with Crippen LogP contribution in [0.3, 0.4) is 0 Å². The van der Waals surface area contributed by atoms with Crippen LogP contribution in [-0.4, -0.2) is 28.1 Å². The third-order valence-electron chi connectivity index (χ3n) is 2.69. The molecule has 2 aromatic heterocycles. The van der Waals surface area contributed by atoms with E-state index >= 15 is 0 Å². The third kappa shape index (κ3) is 3.02. The van der Waals surface area contributed by atoms with Crippen molar-refractivity contribution in [3.63, 3.8) is 0 Å². The normalized spacial score (nSPS) is 10.5. The second-order valence-corrected chi connectivity index (χ2v) is 5.39. The van der Waals surface area contributed by atoms with Crippen molar-refractivity contribution in [1.29, 1.82) is 0 Å². The summed E-state index contributed by atoms with van der Waals surface area (Å²) < 4.78 is 0. The molecule has 0 amide bonds. The highest BCUT2D eigenvalue weighted by molar-refractivity contribution is 7.09. The van der Waals surface area contributed by atoms with Crippen LogP contribution in [0, 0.1) is 6.92 Å². The highest BCUT2D eigenvalue weighted by Gasteiger charge is 2.13. The van der Waals surface area contributed by atoms with E-state index in [2.05, 4.69) is 9.97 Å². The van der Waals surface area contributed by atoms with Crippen molar-refractivity contribution < 1.29 is 9.90 Å². The maximum atomic E-state index is 11.0. The van der Waals surface area contributed by atoms with Gasteiger partial charge in [0, 0.05) is 18.1 Å². The van der Waals surface area contributed by atoms with Gasteiger partial charge >= 0.3 is 5.97 Å². The van der Waals surface area contributed by atoms with Crippen LogP contribution in [-0.2, 0) is 6.54 Å². The predicted octanol–water partition coefficient (Wildman–Crippen LogP) is 2.83. The third-order valence-corrected chi connectivity index (χ3v) is 3.91. The topological polar surface area (TPSA) is 66.3 Å². The lowest BCUT2D eigenvalue weighted by molar-refractivity contribution is 0.0697. The van der Waals surface area contributed by atoms with Crippen LogP contribution in [0.2, 0.25) is 5.02 Å². The Bertz CT molecular complexity index is 615. The van der Waals surface area contributed by atoms with E-state index in [0.29, 0.717) is 12.4 Å². The van der Waals surface area contributed by atoms with Crippen molar-refractivity contribution in [2.24, 2.45) is 0 Å². The van der Waals surface area contributed by atoms with E-state index in [9.17, 15) is 4.79 Å². The van der Waals surface area contributed by atoms with E-state index in [1.54, 1.807) is 16.8 Å². The molecule has 2 rings (SSSR count). The molecule has 0 aromatic carbocycles. The second-order valence-electron chi connectivity index (χ2n) is 4.04. The van der Waals surface area contributed by atoms with Crippen LogP contribution in [0.1, 0.15) is 20.9 Å². The molecule has 2 aromatic rings. The average molecular weight is 298 g/mol. The summed E-state index contributed by atoms with van der Waals surface area (Å²) in [4.78, 5) is 22.3. The molecular formula is C12H12ClN3O2S. The van der Waals surface area contributed by atoms with Crippen molar-refractivity contribution in [1.82, 2.24) is 9.97 Å². The predicted molar refractivity (Wildman–Crippen MR) is 75.2 cm³/mol. The molecule has 0 aliphatic heterocycles. The number of carbonyl (C=O) groups is 1. The van der Waals surface area contributed by atoms with E-state index < -0.39 is 5.97 Å². The van der Waals surface area contributed by atoms with Gasteiger partial charge in [0.25, 0.3) is 0 Å². The Morgan fingerprint density at radius 1 is 1.53 bits per heavy atom. The van der Waals surface area contributed by atoms with Crippen LogP contribution in [0.25, 0.3) is 0 Å². The number of aromatic nitrogens is 2. The van der Waals surface area contributed by atoms with Gasteiger partial charge in [-0.2, -0.15) is 0 Å².